The molecule has 2 aromatic heterocycles. The Morgan fingerprint density at radius 1 is 0.226 bits per heavy atom. The van der Waals surface area contributed by atoms with E-state index in [1.807, 2.05) is 24.3 Å². The average molecular weight is 788 g/mol. The SMILES string of the molecule is c1ccc(-c2cc(-c3cccc(-c4cc(-c5cc6ccccc6c6ccccc56)nc5ccc(-c6cc7ccccc7c7ccccc67)cc45)c3)nc(-c3ccccc3)n2)cc1. The van der Waals surface area contributed by atoms with Gasteiger partial charge in [-0.25, -0.2) is 15.0 Å². The highest BCUT2D eigenvalue weighted by Gasteiger charge is 2.18. The molecule has 0 N–H and O–H groups in total. The molecule has 12 rings (SSSR count). The number of hydrogen-bond acceptors (Lipinski definition) is 3. The molecule has 62 heavy (non-hydrogen) atoms. The minimum Gasteiger partial charge on any atom is -0.248 e. The smallest absolute Gasteiger partial charge is 0.160 e. The van der Waals surface area contributed by atoms with E-state index >= 15 is 0 Å². The monoisotopic (exact) mass is 787 g/mol. The third kappa shape index (κ3) is 6.18. The minimum absolute atomic E-state index is 0.694. The molecule has 0 aliphatic carbocycles. The lowest BCUT2D eigenvalue weighted by Gasteiger charge is -2.16. The van der Waals surface area contributed by atoms with Crippen LogP contribution in [0.25, 0.3) is 121 Å². The fraction of sp³-hybridized carbons (Fsp3) is 0. The maximum atomic E-state index is 5.49. The lowest BCUT2D eigenvalue weighted by Crippen LogP contribution is -1.96. The Labute approximate surface area is 359 Å². The molecule has 0 atom stereocenters. The third-order valence-electron chi connectivity index (χ3n) is 12.2. The van der Waals surface area contributed by atoms with Crippen molar-refractivity contribution in [3.8, 4) is 67.4 Å². The number of hydrogen-bond donors (Lipinski definition) is 0. The second-order valence-corrected chi connectivity index (χ2v) is 15.9. The van der Waals surface area contributed by atoms with Gasteiger partial charge in [0.15, 0.2) is 5.82 Å². The second kappa shape index (κ2) is 14.8. The van der Waals surface area contributed by atoms with Crippen LogP contribution in [0, 0.1) is 0 Å². The van der Waals surface area contributed by atoms with Gasteiger partial charge in [-0.15, -0.1) is 0 Å². The zero-order valence-electron chi connectivity index (χ0n) is 33.7. The van der Waals surface area contributed by atoms with E-state index in [0.29, 0.717) is 5.82 Å². The van der Waals surface area contributed by atoms with Crippen molar-refractivity contribution in [2.24, 2.45) is 0 Å². The van der Waals surface area contributed by atoms with Gasteiger partial charge in [-0.3, -0.25) is 0 Å². The molecule has 0 aliphatic heterocycles. The Morgan fingerprint density at radius 3 is 1.39 bits per heavy atom. The Morgan fingerprint density at radius 2 is 0.710 bits per heavy atom. The van der Waals surface area contributed by atoms with Crippen molar-refractivity contribution in [3.05, 3.63) is 224 Å². The normalized spacial score (nSPS) is 11.5. The molecule has 0 radical (unpaired) electrons. The number of nitrogens with zero attached hydrogens (tertiary/aromatic N) is 3. The zero-order valence-corrected chi connectivity index (χ0v) is 33.7. The first-order chi connectivity index (χ1) is 30.7. The quantitative estimate of drug-likeness (QED) is 0.158. The summed E-state index contributed by atoms with van der Waals surface area (Å²) in [6.07, 6.45) is 0. The number of aromatic nitrogens is 3. The van der Waals surface area contributed by atoms with Crippen LogP contribution in [0.3, 0.4) is 0 Å². The van der Waals surface area contributed by atoms with E-state index in [1.54, 1.807) is 0 Å². The molecule has 0 saturated heterocycles. The van der Waals surface area contributed by atoms with Gasteiger partial charge < -0.3 is 0 Å². The highest BCUT2D eigenvalue weighted by Crippen LogP contribution is 2.42. The van der Waals surface area contributed by atoms with Crippen molar-refractivity contribution in [2.75, 3.05) is 0 Å². The van der Waals surface area contributed by atoms with Crippen LogP contribution in [-0.4, -0.2) is 15.0 Å². The number of benzene rings is 10. The minimum atomic E-state index is 0.694. The van der Waals surface area contributed by atoms with Crippen molar-refractivity contribution in [1.29, 1.82) is 0 Å². The first kappa shape index (κ1) is 35.7. The van der Waals surface area contributed by atoms with Crippen LogP contribution < -0.4 is 0 Å². The van der Waals surface area contributed by atoms with E-state index in [2.05, 4.69) is 200 Å². The third-order valence-corrected chi connectivity index (χ3v) is 12.2. The largest absolute Gasteiger partial charge is 0.248 e. The van der Waals surface area contributed by atoms with Gasteiger partial charge in [0.05, 0.1) is 22.6 Å². The van der Waals surface area contributed by atoms with Crippen LogP contribution in [0.1, 0.15) is 0 Å². The van der Waals surface area contributed by atoms with Crippen LogP contribution in [0.5, 0.6) is 0 Å². The highest BCUT2D eigenvalue weighted by molar-refractivity contribution is 6.16. The topological polar surface area (TPSA) is 38.7 Å². The molecule has 0 saturated carbocycles. The fourth-order valence-corrected chi connectivity index (χ4v) is 9.24. The van der Waals surface area contributed by atoms with Gasteiger partial charge in [-0.2, -0.15) is 0 Å². The molecule has 0 aliphatic rings. The molecular formula is C59H37N3. The predicted molar refractivity (Wildman–Crippen MR) is 260 cm³/mol. The van der Waals surface area contributed by atoms with Crippen molar-refractivity contribution >= 4 is 54.0 Å². The van der Waals surface area contributed by atoms with Crippen molar-refractivity contribution < 1.29 is 0 Å². The van der Waals surface area contributed by atoms with Crippen LogP contribution in [0.15, 0.2) is 224 Å². The lowest BCUT2D eigenvalue weighted by atomic mass is 9.90. The summed E-state index contributed by atoms with van der Waals surface area (Å²) in [5.74, 6) is 0.694. The Bertz CT molecular complexity index is 3630. The number of pyridine rings is 1. The second-order valence-electron chi connectivity index (χ2n) is 15.9. The van der Waals surface area contributed by atoms with Gasteiger partial charge in [-0.1, -0.05) is 182 Å². The van der Waals surface area contributed by atoms with Gasteiger partial charge in [0.2, 0.25) is 0 Å². The van der Waals surface area contributed by atoms with Crippen molar-refractivity contribution in [2.45, 2.75) is 0 Å². The van der Waals surface area contributed by atoms with E-state index in [0.717, 1.165) is 66.9 Å². The van der Waals surface area contributed by atoms with Crippen molar-refractivity contribution in [3.63, 3.8) is 0 Å². The predicted octanol–water partition coefficient (Wildman–Crippen LogP) is 15.6. The Balaban J connectivity index is 1.10. The maximum absolute atomic E-state index is 5.49. The molecule has 0 unspecified atom stereocenters. The van der Waals surface area contributed by atoms with Crippen LogP contribution >= 0.6 is 0 Å². The summed E-state index contributed by atoms with van der Waals surface area (Å²) in [6, 6.07) is 80.0. The van der Waals surface area contributed by atoms with E-state index in [-0.39, 0.29) is 0 Å². The molecule has 3 heteroatoms. The van der Waals surface area contributed by atoms with Crippen molar-refractivity contribution in [1.82, 2.24) is 15.0 Å². The average Bonchev–Trinajstić information content (AvgIpc) is 3.36. The molecule has 0 fully saturated rings. The molecule has 2 heterocycles. The molecule has 0 amide bonds. The van der Waals surface area contributed by atoms with Crippen LogP contribution in [-0.2, 0) is 0 Å². The summed E-state index contributed by atoms with van der Waals surface area (Å²) < 4.78 is 0. The fourth-order valence-electron chi connectivity index (χ4n) is 9.24. The molecule has 288 valence electrons. The van der Waals surface area contributed by atoms with Crippen LogP contribution in [0.4, 0.5) is 0 Å². The zero-order chi connectivity index (χ0) is 41.0. The van der Waals surface area contributed by atoms with E-state index in [1.165, 1.54) is 48.7 Å². The van der Waals surface area contributed by atoms with E-state index in [4.69, 9.17) is 15.0 Å². The molecule has 0 bridgehead atoms. The number of fused-ring (bicyclic) bond motifs is 7. The molecule has 3 nitrogen and oxygen atoms in total. The Kier molecular flexibility index (Phi) is 8.50. The first-order valence-electron chi connectivity index (χ1n) is 21.1. The van der Waals surface area contributed by atoms with Gasteiger partial charge in [0, 0.05) is 27.6 Å². The summed E-state index contributed by atoms with van der Waals surface area (Å²) in [5.41, 5.74) is 12.3. The molecule has 10 aromatic carbocycles. The van der Waals surface area contributed by atoms with Gasteiger partial charge >= 0.3 is 0 Å². The highest BCUT2D eigenvalue weighted by atomic mass is 14.9. The van der Waals surface area contributed by atoms with Crippen LogP contribution in [0.2, 0.25) is 0 Å². The standard InChI is InChI=1S/C59H37N3/c1-3-16-38(17-4-1)56-37-57(62-59(61-56)39-18-5-2-6-19-39)44-23-15-22-40(32-44)52-36-58(53-34-42-21-8-10-25-46(42)48-27-12-14-29-50(48)53)60-55-31-30-43(35-54(52)55)51-33-41-20-7-9-24-45(41)47-26-11-13-28-49(47)51/h1-37H. The molecule has 12 aromatic rings. The summed E-state index contributed by atoms with van der Waals surface area (Å²) >= 11 is 0. The summed E-state index contributed by atoms with van der Waals surface area (Å²) in [5, 5.41) is 10.9. The van der Waals surface area contributed by atoms with E-state index in [9.17, 15) is 0 Å². The lowest BCUT2D eigenvalue weighted by molar-refractivity contribution is 1.18. The molecular weight excluding hydrogens is 751 g/mol. The molecule has 0 spiro atoms. The summed E-state index contributed by atoms with van der Waals surface area (Å²) in [6.45, 7) is 0. The van der Waals surface area contributed by atoms with E-state index < -0.39 is 0 Å². The summed E-state index contributed by atoms with van der Waals surface area (Å²) in [4.78, 5) is 15.8. The number of rotatable bonds is 6. The maximum Gasteiger partial charge on any atom is 0.160 e. The first-order valence-corrected chi connectivity index (χ1v) is 21.1. The summed E-state index contributed by atoms with van der Waals surface area (Å²) in [7, 11) is 0. The Hall–Kier alpha value is -8.27. The van der Waals surface area contributed by atoms with Gasteiger partial charge in [-0.05, 0) is 108 Å². The van der Waals surface area contributed by atoms with Gasteiger partial charge in [0.1, 0.15) is 0 Å². The van der Waals surface area contributed by atoms with Gasteiger partial charge in [0.25, 0.3) is 0 Å².